The zero-order chi connectivity index (χ0) is 9.97. The number of aromatic nitrogens is 4. The van der Waals surface area contributed by atoms with Crippen molar-refractivity contribution in [2.75, 3.05) is 0 Å². The molecule has 0 amide bonds. The van der Waals surface area contributed by atoms with E-state index in [2.05, 4.69) is 15.1 Å². The van der Waals surface area contributed by atoms with E-state index in [-0.39, 0.29) is 0 Å². The lowest BCUT2D eigenvalue weighted by Gasteiger charge is -1.99. The van der Waals surface area contributed by atoms with Crippen LogP contribution in [0.1, 0.15) is 12.6 Å². The van der Waals surface area contributed by atoms with Crippen LogP contribution in [0, 0.1) is 5.95 Å². The zero-order valence-corrected chi connectivity index (χ0v) is 7.68. The van der Waals surface area contributed by atoms with E-state index in [9.17, 15) is 4.39 Å². The molecule has 0 saturated carbocycles. The van der Waals surface area contributed by atoms with Gasteiger partial charge in [-0.05, 0) is 6.42 Å². The highest BCUT2D eigenvalue weighted by Gasteiger charge is 2.01. The third-order valence-electron chi connectivity index (χ3n) is 1.85. The molecule has 0 spiro atoms. The fraction of sp³-hybridized carbons (Fsp3) is 0.222. The van der Waals surface area contributed by atoms with Gasteiger partial charge in [0.05, 0.1) is 18.1 Å². The van der Waals surface area contributed by atoms with Crippen molar-refractivity contribution in [3.8, 4) is 5.82 Å². The summed E-state index contributed by atoms with van der Waals surface area (Å²) in [7, 11) is 0. The van der Waals surface area contributed by atoms with Crippen LogP contribution < -0.4 is 0 Å². The molecule has 0 aromatic carbocycles. The highest BCUT2D eigenvalue weighted by molar-refractivity contribution is 5.17. The fourth-order valence-corrected chi connectivity index (χ4v) is 1.08. The van der Waals surface area contributed by atoms with Gasteiger partial charge in [-0.3, -0.25) is 4.98 Å². The summed E-state index contributed by atoms with van der Waals surface area (Å²) in [6.07, 6.45) is 5.58. The molecule has 72 valence electrons. The molecule has 0 saturated heterocycles. The molecule has 0 aliphatic heterocycles. The van der Waals surface area contributed by atoms with Crippen molar-refractivity contribution in [1.82, 2.24) is 19.7 Å². The van der Waals surface area contributed by atoms with Gasteiger partial charge in [0.15, 0.2) is 5.82 Å². The molecular weight excluding hydrogens is 183 g/mol. The second-order valence-electron chi connectivity index (χ2n) is 2.80. The number of hydrogen-bond acceptors (Lipinski definition) is 3. The van der Waals surface area contributed by atoms with Gasteiger partial charge in [0.25, 0.3) is 0 Å². The van der Waals surface area contributed by atoms with Gasteiger partial charge in [0.2, 0.25) is 5.95 Å². The number of rotatable bonds is 2. The van der Waals surface area contributed by atoms with Gasteiger partial charge in [-0.2, -0.15) is 4.39 Å². The molecule has 0 aliphatic carbocycles. The SMILES string of the molecule is CCc1cnc(-n2ccc(F)n2)cn1. The van der Waals surface area contributed by atoms with Crippen LogP contribution >= 0.6 is 0 Å². The second-order valence-corrected chi connectivity index (χ2v) is 2.80. The average molecular weight is 192 g/mol. The van der Waals surface area contributed by atoms with E-state index < -0.39 is 5.95 Å². The molecule has 0 bridgehead atoms. The number of aryl methyl sites for hydroxylation is 1. The van der Waals surface area contributed by atoms with E-state index >= 15 is 0 Å². The van der Waals surface area contributed by atoms with Crippen molar-refractivity contribution in [3.63, 3.8) is 0 Å². The first-order chi connectivity index (χ1) is 6.79. The molecule has 0 atom stereocenters. The fourth-order valence-electron chi connectivity index (χ4n) is 1.08. The molecule has 14 heavy (non-hydrogen) atoms. The van der Waals surface area contributed by atoms with Crippen LogP contribution in [0.5, 0.6) is 0 Å². The van der Waals surface area contributed by atoms with Crippen LogP contribution in [0.4, 0.5) is 4.39 Å². The molecule has 2 aromatic heterocycles. The molecule has 0 N–H and O–H groups in total. The Morgan fingerprint density at radius 3 is 2.71 bits per heavy atom. The zero-order valence-electron chi connectivity index (χ0n) is 7.68. The lowest BCUT2D eigenvalue weighted by atomic mass is 10.4. The summed E-state index contributed by atoms with van der Waals surface area (Å²) in [4.78, 5) is 8.24. The predicted octanol–water partition coefficient (Wildman–Crippen LogP) is 1.36. The molecule has 5 heteroatoms. The minimum atomic E-state index is -0.522. The quantitative estimate of drug-likeness (QED) is 0.721. The van der Waals surface area contributed by atoms with E-state index in [1.807, 2.05) is 6.92 Å². The van der Waals surface area contributed by atoms with Crippen molar-refractivity contribution in [1.29, 1.82) is 0 Å². The maximum absolute atomic E-state index is 12.6. The summed E-state index contributed by atoms with van der Waals surface area (Å²) >= 11 is 0. The standard InChI is InChI=1S/C9H9FN4/c1-2-7-5-12-9(6-11-7)14-4-3-8(10)13-14/h3-6H,2H2,1H3. The van der Waals surface area contributed by atoms with Gasteiger partial charge in [-0.1, -0.05) is 6.92 Å². The Labute approximate surface area is 80.4 Å². The van der Waals surface area contributed by atoms with Crippen LogP contribution in [0.2, 0.25) is 0 Å². The maximum Gasteiger partial charge on any atom is 0.233 e. The molecule has 0 fully saturated rings. The third-order valence-corrected chi connectivity index (χ3v) is 1.85. The van der Waals surface area contributed by atoms with Gasteiger partial charge >= 0.3 is 0 Å². The van der Waals surface area contributed by atoms with Crippen LogP contribution in [0.3, 0.4) is 0 Å². The molecule has 2 rings (SSSR count). The minimum Gasteiger partial charge on any atom is -0.256 e. The molecule has 4 nitrogen and oxygen atoms in total. The average Bonchev–Trinajstić information content (AvgIpc) is 2.65. The topological polar surface area (TPSA) is 43.6 Å². The van der Waals surface area contributed by atoms with Crippen LogP contribution in [0.25, 0.3) is 5.82 Å². The predicted molar refractivity (Wildman–Crippen MR) is 48.5 cm³/mol. The van der Waals surface area contributed by atoms with Crippen molar-refractivity contribution in [3.05, 3.63) is 36.3 Å². The van der Waals surface area contributed by atoms with Crippen LogP contribution in [-0.4, -0.2) is 19.7 Å². The van der Waals surface area contributed by atoms with Gasteiger partial charge in [0, 0.05) is 12.3 Å². The smallest absolute Gasteiger partial charge is 0.233 e. The Morgan fingerprint density at radius 2 is 2.21 bits per heavy atom. The lowest BCUT2D eigenvalue weighted by molar-refractivity contribution is 0.564. The Kier molecular flexibility index (Phi) is 2.22. The van der Waals surface area contributed by atoms with E-state index in [4.69, 9.17) is 0 Å². The largest absolute Gasteiger partial charge is 0.256 e. The molecule has 2 aromatic rings. The van der Waals surface area contributed by atoms with E-state index in [0.29, 0.717) is 5.82 Å². The summed E-state index contributed by atoms with van der Waals surface area (Å²) in [6.45, 7) is 2.00. The summed E-state index contributed by atoms with van der Waals surface area (Å²) in [5.74, 6) is -0.00234. The second kappa shape index (κ2) is 3.53. The Hall–Kier alpha value is -1.78. The van der Waals surface area contributed by atoms with Gasteiger partial charge in [0.1, 0.15) is 0 Å². The first kappa shape index (κ1) is 8.80. The van der Waals surface area contributed by atoms with Crippen LogP contribution in [0.15, 0.2) is 24.7 Å². The molecule has 0 unspecified atom stereocenters. The summed E-state index contributed by atoms with van der Waals surface area (Å²) in [6, 6.07) is 1.27. The highest BCUT2D eigenvalue weighted by atomic mass is 19.1. The Bertz CT molecular complexity index is 421. The molecular formula is C9H9FN4. The Morgan fingerprint density at radius 1 is 1.36 bits per heavy atom. The first-order valence-electron chi connectivity index (χ1n) is 4.32. The van der Waals surface area contributed by atoms with E-state index in [0.717, 1.165) is 12.1 Å². The van der Waals surface area contributed by atoms with Crippen molar-refractivity contribution in [2.45, 2.75) is 13.3 Å². The highest BCUT2D eigenvalue weighted by Crippen LogP contribution is 2.02. The van der Waals surface area contributed by atoms with Gasteiger partial charge in [-0.25, -0.2) is 9.67 Å². The lowest BCUT2D eigenvalue weighted by Crippen LogP contribution is -2.00. The van der Waals surface area contributed by atoms with Gasteiger partial charge < -0.3 is 0 Å². The van der Waals surface area contributed by atoms with Crippen molar-refractivity contribution < 1.29 is 4.39 Å². The summed E-state index contributed by atoms with van der Waals surface area (Å²) in [5.41, 5.74) is 0.904. The van der Waals surface area contributed by atoms with Gasteiger partial charge in [-0.15, -0.1) is 5.10 Å². The molecule has 2 heterocycles. The van der Waals surface area contributed by atoms with E-state index in [1.165, 1.54) is 16.9 Å². The van der Waals surface area contributed by atoms with Crippen molar-refractivity contribution in [2.24, 2.45) is 0 Å². The number of halogens is 1. The summed E-state index contributed by atoms with van der Waals surface area (Å²) < 4.78 is 13.9. The Balaban J connectivity index is 2.33. The summed E-state index contributed by atoms with van der Waals surface area (Å²) in [5, 5.41) is 3.58. The number of nitrogens with zero attached hydrogens (tertiary/aromatic N) is 4. The minimum absolute atomic E-state index is 0.520. The monoisotopic (exact) mass is 192 g/mol. The normalized spacial score (nSPS) is 10.4. The molecule has 0 radical (unpaired) electrons. The third kappa shape index (κ3) is 1.61. The van der Waals surface area contributed by atoms with E-state index in [1.54, 1.807) is 12.4 Å². The first-order valence-corrected chi connectivity index (χ1v) is 4.32. The molecule has 0 aliphatic rings. The van der Waals surface area contributed by atoms with Crippen molar-refractivity contribution >= 4 is 0 Å². The number of hydrogen-bond donors (Lipinski definition) is 0. The van der Waals surface area contributed by atoms with Crippen LogP contribution in [-0.2, 0) is 6.42 Å². The maximum atomic E-state index is 12.6.